The largest absolute Gasteiger partial charge is 0.465 e. The average Bonchev–Trinajstić information content (AvgIpc) is 2.72. The van der Waals surface area contributed by atoms with Crippen LogP contribution in [0.5, 0.6) is 0 Å². The van der Waals surface area contributed by atoms with Gasteiger partial charge in [0.1, 0.15) is 29.2 Å². The quantitative estimate of drug-likeness (QED) is 0.496. The fourth-order valence-corrected chi connectivity index (χ4v) is 5.24. The number of hydrogen-bond acceptors (Lipinski definition) is 4. The summed E-state index contributed by atoms with van der Waals surface area (Å²) < 4.78 is 6.54. The van der Waals surface area contributed by atoms with E-state index in [1.165, 1.54) is 16.8 Å². The summed E-state index contributed by atoms with van der Waals surface area (Å²) in [6, 6.07) is 10.9. The Morgan fingerprint density at radius 2 is 1.72 bits per heavy atom. The first-order chi connectivity index (χ1) is 14.9. The van der Waals surface area contributed by atoms with Crippen molar-refractivity contribution in [1.82, 2.24) is 0 Å². The minimum absolute atomic E-state index is 0.103. The Morgan fingerprint density at radius 3 is 2.34 bits per heavy atom. The molecular weight excluding hydrogens is 394 g/mol. The summed E-state index contributed by atoms with van der Waals surface area (Å²) >= 11 is 0. The van der Waals surface area contributed by atoms with E-state index in [1.807, 2.05) is 12.2 Å². The molecule has 4 heteroatoms. The Hall–Kier alpha value is -2.98. The number of benzene rings is 1. The number of allylic oxidation sites excluding steroid dienone is 5. The van der Waals surface area contributed by atoms with Gasteiger partial charge in [-0.25, -0.2) is 0 Å². The van der Waals surface area contributed by atoms with Gasteiger partial charge in [-0.15, -0.1) is 0 Å². The van der Waals surface area contributed by atoms with Crippen LogP contribution in [0, 0.1) is 34.0 Å². The topological polar surface area (TPSA) is 60.0 Å². The molecule has 3 heterocycles. The molecule has 1 atom stereocenters. The van der Waals surface area contributed by atoms with Crippen molar-refractivity contribution in [1.29, 1.82) is 10.5 Å². The lowest BCUT2D eigenvalue weighted by molar-refractivity contribution is 0.154. The molecule has 0 amide bonds. The Morgan fingerprint density at radius 1 is 1.06 bits per heavy atom. The summed E-state index contributed by atoms with van der Waals surface area (Å²) in [6.45, 7) is 17.4. The van der Waals surface area contributed by atoms with Crippen LogP contribution in [0.25, 0.3) is 0 Å². The van der Waals surface area contributed by atoms with Crippen LogP contribution in [-0.2, 0) is 15.6 Å². The second-order valence-electron chi connectivity index (χ2n) is 11.5. The molecule has 0 spiro atoms. The zero-order valence-electron chi connectivity index (χ0n) is 20.3. The lowest BCUT2D eigenvalue weighted by Gasteiger charge is -2.52. The number of hydrogen-bond donors (Lipinski definition) is 0. The Bertz CT molecular complexity index is 1130. The minimum Gasteiger partial charge on any atom is -0.465 e. The van der Waals surface area contributed by atoms with Gasteiger partial charge in [0.25, 0.3) is 0 Å². The van der Waals surface area contributed by atoms with Crippen molar-refractivity contribution >= 4 is 5.69 Å². The highest BCUT2D eigenvalue weighted by Crippen LogP contribution is 2.53. The third-order valence-corrected chi connectivity index (χ3v) is 7.46. The van der Waals surface area contributed by atoms with Gasteiger partial charge in [0.05, 0.1) is 0 Å². The van der Waals surface area contributed by atoms with Crippen molar-refractivity contribution < 1.29 is 4.74 Å². The highest BCUT2D eigenvalue weighted by Gasteiger charge is 2.47. The normalized spacial score (nSPS) is 23.1. The molecule has 3 aliphatic rings. The fraction of sp³-hybridized carbons (Fsp3) is 0.500. The maximum atomic E-state index is 9.53. The molecule has 0 fully saturated rings. The van der Waals surface area contributed by atoms with Crippen LogP contribution in [0.4, 0.5) is 5.69 Å². The van der Waals surface area contributed by atoms with E-state index in [-0.39, 0.29) is 27.7 Å². The molecule has 0 radical (unpaired) electrons. The van der Waals surface area contributed by atoms with Crippen molar-refractivity contribution in [2.75, 3.05) is 18.0 Å². The number of rotatable bonds is 1. The Balaban J connectivity index is 1.86. The standard InChI is InChI=1S/C28H33N3O/c1-26(2,3)24-14-18(19(15-29)16-30)13-23(32-24)22-17-31-12-11-27(4,5)20-9-8-10-21(25(20)31)28(22,6)7/h8-10,13-14,22H,11-12,17H2,1-7H3. The molecule has 0 bridgehead atoms. The molecule has 1 unspecified atom stereocenters. The van der Waals surface area contributed by atoms with Crippen molar-refractivity contribution in [3.63, 3.8) is 0 Å². The number of anilines is 1. The van der Waals surface area contributed by atoms with Crippen LogP contribution in [-0.4, -0.2) is 13.1 Å². The molecule has 4 nitrogen and oxygen atoms in total. The predicted molar refractivity (Wildman–Crippen MR) is 128 cm³/mol. The molecule has 1 aromatic rings. The number of ether oxygens (including phenoxy) is 1. The molecule has 3 aliphatic heterocycles. The van der Waals surface area contributed by atoms with Gasteiger partial charge in [-0.05, 0) is 35.1 Å². The summed E-state index contributed by atoms with van der Waals surface area (Å²) in [5.74, 6) is 1.75. The number of nitriles is 2. The monoisotopic (exact) mass is 427 g/mol. The second kappa shape index (κ2) is 7.28. The first-order valence-electron chi connectivity index (χ1n) is 11.4. The van der Waals surface area contributed by atoms with Crippen LogP contribution in [0.3, 0.4) is 0 Å². The first kappa shape index (κ1) is 22.2. The van der Waals surface area contributed by atoms with Gasteiger partial charge in [0.2, 0.25) is 0 Å². The van der Waals surface area contributed by atoms with E-state index >= 15 is 0 Å². The third-order valence-electron chi connectivity index (χ3n) is 7.46. The number of nitrogens with zero attached hydrogens (tertiary/aromatic N) is 3. The summed E-state index contributed by atoms with van der Waals surface area (Å²) in [5, 5.41) is 19.1. The van der Waals surface area contributed by atoms with Crippen molar-refractivity contribution in [3.8, 4) is 12.1 Å². The summed E-state index contributed by atoms with van der Waals surface area (Å²) in [5.41, 5.74) is 4.71. The summed E-state index contributed by atoms with van der Waals surface area (Å²) in [4.78, 5) is 2.52. The van der Waals surface area contributed by atoms with Crippen molar-refractivity contribution in [2.45, 2.75) is 65.7 Å². The van der Waals surface area contributed by atoms with Gasteiger partial charge >= 0.3 is 0 Å². The van der Waals surface area contributed by atoms with Crippen LogP contribution in [0.2, 0.25) is 0 Å². The van der Waals surface area contributed by atoms with Crippen LogP contribution < -0.4 is 4.90 Å². The lowest BCUT2D eigenvalue weighted by atomic mass is 9.65. The van der Waals surface area contributed by atoms with E-state index in [0.29, 0.717) is 5.57 Å². The molecule has 0 saturated carbocycles. The predicted octanol–water partition coefficient (Wildman–Crippen LogP) is 6.27. The van der Waals surface area contributed by atoms with Crippen molar-refractivity contribution in [3.05, 3.63) is 64.1 Å². The van der Waals surface area contributed by atoms with E-state index in [9.17, 15) is 10.5 Å². The highest BCUT2D eigenvalue weighted by molar-refractivity contribution is 5.68. The van der Waals surface area contributed by atoms with E-state index in [2.05, 4.69) is 83.7 Å². The van der Waals surface area contributed by atoms with Crippen LogP contribution >= 0.6 is 0 Å². The SMILES string of the molecule is CC(C)(C)C1=CC(=C(C#N)C#N)C=C(C2CN3CCC(C)(C)c4cccc(c43)C2(C)C)O1. The van der Waals surface area contributed by atoms with E-state index < -0.39 is 0 Å². The molecular formula is C28H33N3O. The average molecular weight is 428 g/mol. The van der Waals surface area contributed by atoms with Gasteiger partial charge in [-0.3, -0.25) is 0 Å². The molecule has 32 heavy (non-hydrogen) atoms. The zero-order valence-corrected chi connectivity index (χ0v) is 20.3. The molecule has 1 aromatic carbocycles. The lowest BCUT2D eigenvalue weighted by Crippen LogP contribution is -2.50. The maximum absolute atomic E-state index is 9.53. The third kappa shape index (κ3) is 3.43. The van der Waals surface area contributed by atoms with Gasteiger partial charge in [0, 0.05) is 41.1 Å². The maximum Gasteiger partial charge on any atom is 0.137 e. The molecule has 0 saturated heterocycles. The van der Waals surface area contributed by atoms with Gasteiger partial charge < -0.3 is 9.64 Å². The van der Waals surface area contributed by atoms with Crippen LogP contribution in [0.15, 0.2) is 53.0 Å². The minimum atomic E-state index is -0.236. The number of para-hydroxylation sites is 1. The summed E-state index contributed by atoms with van der Waals surface area (Å²) in [6.07, 6.45) is 4.89. The highest BCUT2D eigenvalue weighted by atomic mass is 16.5. The molecule has 4 rings (SSSR count). The van der Waals surface area contributed by atoms with E-state index in [4.69, 9.17) is 4.74 Å². The Labute approximate surface area is 192 Å². The first-order valence-corrected chi connectivity index (χ1v) is 11.4. The smallest absolute Gasteiger partial charge is 0.137 e. The zero-order chi connectivity index (χ0) is 23.5. The Kier molecular flexibility index (Phi) is 5.05. The molecule has 0 aliphatic carbocycles. The van der Waals surface area contributed by atoms with Crippen molar-refractivity contribution in [2.24, 2.45) is 11.3 Å². The van der Waals surface area contributed by atoms with Gasteiger partial charge in [-0.1, -0.05) is 66.7 Å². The fourth-order valence-electron chi connectivity index (χ4n) is 5.24. The van der Waals surface area contributed by atoms with E-state index in [1.54, 1.807) is 0 Å². The molecule has 0 N–H and O–H groups in total. The van der Waals surface area contributed by atoms with Crippen LogP contribution in [0.1, 0.15) is 66.0 Å². The molecule has 166 valence electrons. The van der Waals surface area contributed by atoms with E-state index in [0.717, 1.165) is 31.0 Å². The second-order valence-corrected chi connectivity index (χ2v) is 11.5. The molecule has 0 aromatic heterocycles. The van der Waals surface area contributed by atoms with Gasteiger partial charge in [0.15, 0.2) is 0 Å². The summed E-state index contributed by atoms with van der Waals surface area (Å²) in [7, 11) is 0. The van der Waals surface area contributed by atoms with Gasteiger partial charge in [-0.2, -0.15) is 10.5 Å².